The smallest absolute Gasteiger partial charge is 0.341 e. The molecule has 0 saturated carbocycles. The van der Waals surface area contributed by atoms with Gasteiger partial charge in [0.05, 0.1) is 17.6 Å². The molecule has 0 aliphatic rings. The average molecular weight is 409 g/mol. The Bertz CT molecular complexity index is 875. The molecule has 0 aliphatic heterocycles. The number of amides is 2. The standard InChI is InChI=1S/C19H21ClN2O4S/c1-5-22(6-2)18(24)15-11(3)14(19(25)26-4)17(27-15)21-16(23)12-8-7-9-13(20)10-12/h7-10H,5-6H2,1-4H3,(H,21,23). The first kappa shape index (κ1) is 20.9. The fourth-order valence-corrected chi connectivity index (χ4v) is 3.96. The van der Waals surface area contributed by atoms with Crippen LogP contribution in [0.15, 0.2) is 24.3 Å². The van der Waals surface area contributed by atoms with Crippen molar-refractivity contribution in [3.05, 3.63) is 50.9 Å². The van der Waals surface area contributed by atoms with Crippen molar-refractivity contribution in [3.63, 3.8) is 0 Å². The molecule has 0 atom stereocenters. The van der Waals surface area contributed by atoms with Crippen LogP contribution in [0.25, 0.3) is 0 Å². The molecule has 0 saturated heterocycles. The molecule has 2 rings (SSSR count). The first-order valence-electron chi connectivity index (χ1n) is 8.41. The van der Waals surface area contributed by atoms with Gasteiger partial charge in [-0.1, -0.05) is 17.7 Å². The molecule has 2 amide bonds. The van der Waals surface area contributed by atoms with Gasteiger partial charge in [0.15, 0.2) is 0 Å². The zero-order valence-corrected chi connectivity index (χ0v) is 17.2. The Kier molecular flexibility index (Phi) is 6.98. The maximum atomic E-state index is 12.8. The number of halogens is 1. The summed E-state index contributed by atoms with van der Waals surface area (Å²) in [4.78, 5) is 39.6. The second-order valence-electron chi connectivity index (χ2n) is 5.69. The van der Waals surface area contributed by atoms with Gasteiger partial charge in [0.25, 0.3) is 11.8 Å². The van der Waals surface area contributed by atoms with Crippen LogP contribution in [-0.2, 0) is 4.74 Å². The zero-order valence-electron chi connectivity index (χ0n) is 15.6. The van der Waals surface area contributed by atoms with E-state index in [-0.39, 0.29) is 16.5 Å². The molecule has 1 N–H and O–H groups in total. The van der Waals surface area contributed by atoms with Crippen molar-refractivity contribution >= 4 is 45.7 Å². The Balaban J connectivity index is 2.45. The molecule has 0 bridgehead atoms. The maximum Gasteiger partial charge on any atom is 0.341 e. The fourth-order valence-electron chi connectivity index (χ4n) is 2.61. The predicted octanol–water partition coefficient (Wildman–Crippen LogP) is 4.23. The fraction of sp³-hybridized carbons (Fsp3) is 0.316. The molecule has 1 aromatic heterocycles. The van der Waals surface area contributed by atoms with Crippen LogP contribution in [0.5, 0.6) is 0 Å². The number of hydrogen-bond donors (Lipinski definition) is 1. The van der Waals surface area contributed by atoms with Crippen LogP contribution in [0.4, 0.5) is 5.00 Å². The third-order valence-corrected chi connectivity index (χ3v) is 5.53. The van der Waals surface area contributed by atoms with E-state index >= 15 is 0 Å². The predicted molar refractivity (Wildman–Crippen MR) is 107 cm³/mol. The van der Waals surface area contributed by atoms with Crippen LogP contribution in [0.3, 0.4) is 0 Å². The number of esters is 1. The van der Waals surface area contributed by atoms with Gasteiger partial charge in [0.2, 0.25) is 0 Å². The quantitative estimate of drug-likeness (QED) is 0.725. The zero-order chi connectivity index (χ0) is 20.1. The minimum Gasteiger partial charge on any atom is -0.465 e. The molecule has 6 nitrogen and oxygen atoms in total. The van der Waals surface area contributed by atoms with E-state index in [2.05, 4.69) is 5.32 Å². The van der Waals surface area contributed by atoms with E-state index in [4.69, 9.17) is 16.3 Å². The van der Waals surface area contributed by atoms with Gasteiger partial charge < -0.3 is 15.0 Å². The Hall–Kier alpha value is -2.38. The summed E-state index contributed by atoms with van der Waals surface area (Å²) in [5.41, 5.74) is 1.03. The number of thiophene rings is 1. The highest BCUT2D eigenvalue weighted by Gasteiger charge is 2.28. The van der Waals surface area contributed by atoms with Gasteiger partial charge in [-0.05, 0) is 44.5 Å². The van der Waals surface area contributed by atoms with Gasteiger partial charge in [-0.15, -0.1) is 11.3 Å². The van der Waals surface area contributed by atoms with Crippen LogP contribution in [0.1, 0.15) is 49.8 Å². The van der Waals surface area contributed by atoms with Crippen molar-refractivity contribution in [3.8, 4) is 0 Å². The molecular formula is C19H21ClN2O4S. The Morgan fingerprint density at radius 2 is 1.89 bits per heavy atom. The number of methoxy groups -OCH3 is 1. The van der Waals surface area contributed by atoms with Gasteiger partial charge in [-0.25, -0.2) is 4.79 Å². The summed E-state index contributed by atoms with van der Waals surface area (Å²) in [5, 5.41) is 3.41. The molecule has 0 unspecified atom stereocenters. The summed E-state index contributed by atoms with van der Waals surface area (Å²) in [6, 6.07) is 6.46. The van der Waals surface area contributed by atoms with Gasteiger partial charge >= 0.3 is 5.97 Å². The van der Waals surface area contributed by atoms with Crippen molar-refractivity contribution in [2.75, 3.05) is 25.5 Å². The van der Waals surface area contributed by atoms with Crippen molar-refractivity contribution in [1.82, 2.24) is 4.90 Å². The highest BCUT2D eigenvalue weighted by Crippen LogP contribution is 2.35. The lowest BCUT2D eigenvalue weighted by atomic mass is 10.1. The largest absolute Gasteiger partial charge is 0.465 e. The Morgan fingerprint density at radius 3 is 2.44 bits per heavy atom. The number of nitrogens with zero attached hydrogens (tertiary/aromatic N) is 1. The van der Waals surface area contributed by atoms with E-state index in [9.17, 15) is 14.4 Å². The van der Waals surface area contributed by atoms with E-state index in [1.54, 1.807) is 30.0 Å². The molecule has 0 fully saturated rings. The minimum atomic E-state index is -0.608. The van der Waals surface area contributed by atoms with Gasteiger partial charge in [-0.3, -0.25) is 9.59 Å². The van der Waals surface area contributed by atoms with Crippen molar-refractivity contribution in [1.29, 1.82) is 0 Å². The number of ether oxygens (including phenoxy) is 1. The summed E-state index contributed by atoms with van der Waals surface area (Å²) in [7, 11) is 1.26. The third-order valence-electron chi connectivity index (χ3n) is 4.10. The molecule has 8 heteroatoms. The summed E-state index contributed by atoms with van der Waals surface area (Å²) >= 11 is 7.00. The third kappa shape index (κ3) is 4.48. The van der Waals surface area contributed by atoms with Crippen molar-refractivity contribution in [2.45, 2.75) is 20.8 Å². The average Bonchev–Trinajstić information content (AvgIpc) is 2.97. The van der Waals surface area contributed by atoms with Crippen molar-refractivity contribution < 1.29 is 19.1 Å². The first-order valence-corrected chi connectivity index (χ1v) is 9.61. The molecule has 2 aromatic rings. The van der Waals surface area contributed by atoms with Crippen LogP contribution in [0.2, 0.25) is 5.02 Å². The van der Waals surface area contributed by atoms with Gasteiger partial charge in [0, 0.05) is 23.7 Å². The number of hydrogen-bond acceptors (Lipinski definition) is 5. The molecule has 1 heterocycles. The Morgan fingerprint density at radius 1 is 1.22 bits per heavy atom. The maximum absolute atomic E-state index is 12.8. The SMILES string of the molecule is CCN(CC)C(=O)c1sc(NC(=O)c2cccc(Cl)c2)c(C(=O)OC)c1C. The van der Waals surface area contributed by atoms with Gasteiger partial charge in [-0.2, -0.15) is 0 Å². The number of benzene rings is 1. The number of nitrogens with one attached hydrogen (secondary N) is 1. The van der Waals surface area contributed by atoms with E-state index in [0.29, 0.717) is 34.1 Å². The highest BCUT2D eigenvalue weighted by molar-refractivity contribution is 7.18. The van der Waals surface area contributed by atoms with Crippen LogP contribution >= 0.6 is 22.9 Å². The minimum absolute atomic E-state index is 0.184. The number of carbonyl (C=O) groups excluding carboxylic acids is 3. The van der Waals surface area contributed by atoms with Crippen LogP contribution in [0, 0.1) is 6.92 Å². The lowest BCUT2D eigenvalue weighted by molar-refractivity contribution is 0.0601. The van der Waals surface area contributed by atoms with Crippen LogP contribution in [-0.4, -0.2) is 42.9 Å². The summed E-state index contributed by atoms with van der Waals surface area (Å²) in [5.74, 6) is -1.22. The van der Waals surface area contributed by atoms with Gasteiger partial charge in [0.1, 0.15) is 5.00 Å². The molecule has 0 aliphatic carbocycles. The van der Waals surface area contributed by atoms with E-state index < -0.39 is 11.9 Å². The molecule has 1 aromatic carbocycles. The van der Waals surface area contributed by atoms with Crippen molar-refractivity contribution in [2.24, 2.45) is 0 Å². The molecule has 144 valence electrons. The normalized spacial score (nSPS) is 10.4. The number of anilines is 1. The lowest BCUT2D eigenvalue weighted by Gasteiger charge is -2.17. The topological polar surface area (TPSA) is 75.7 Å². The lowest BCUT2D eigenvalue weighted by Crippen LogP contribution is -2.30. The Labute approximate surface area is 167 Å². The molecule has 0 spiro atoms. The van der Waals surface area contributed by atoms with E-state index in [1.165, 1.54) is 13.2 Å². The van der Waals surface area contributed by atoms with E-state index in [0.717, 1.165) is 11.3 Å². The molecular weight excluding hydrogens is 388 g/mol. The first-order chi connectivity index (χ1) is 12.8. The second kappa shape index (κ2) is 9.01. The second-order valence-corrected chi connectivity index (χ2v) is 7.15. The highest BCUT2D eigenvalue weighted by atomic mass is 35.5. The summed E-state index contributed by atoms with van der Waals surface area (Å²) in [6.45, 7) is 6.53. The van der Waals surface area contributed by atoms with Crippen LogP contribution < -0.4 is 5.32 Å². The van der Waals surface area contributed by atoms with E-state index in [1.807, 2.05) is 13.8 Å². The number of carbonyl (C=O) groups is 3. The number of rotatable bonds is 6. The monoisotopic (exact) mass is 408 g/mol. The molecule has 0 radical (unpaired) electrons. The molecule has 27 heavy (non-hydrogen) atoms. The summed E-state index contributed by atoms with van der Waals surface area (Å²) < 4.78 is 4.84. The summed E-state index contributed by atoms with van der Waals surface area (Å²) in [6.07, 6.45) is 0.